The van der Waals surface area contributed by atoms with E-state index in [1.807, 2.05) is 18.2 Å². The van der Waals surface area contributed by atoms with Crippen molar-refractivity contribution in [1.82, 2.24) is 0 Å². The highest BCUT2D eigenvalue weighted by Gasteiger charge is 2.13. The van der Waals surface area contributed by atoms with Gasteiger partial charge in [-0.1, -0.05) is 39.7 Å². The number of benzene rings is 2. The first-order valence-electron chi connectivity index (χ1n) is 5.50. The molecule has 0 heterocycles. The Hall–Kier alpha value is -0.200. The third kappa shape index (κ3) is 3.89. The van der Waals surface area contributed by atoms with Gasteiger partial charge in [-0.25, -0.2) is 8.78 Å². The van der Waals surface area contributed by atoms with Crippen LogP contribution >= 0.6 is 50.1 Å². The van der Waals surface area contributed by atoms with Crippen molar-refractivity contribution >= 4 is 50.1 Å². The number of halogens is 5. The Morgan fingerprint density at radius 1 is 1.16 bits per heavy atom. The molecule has 1 atom stereocenters. The molecule has 0 fully saturated rings. The molecule has 0 aliphatic carbocycles. The van der Waals surface area contributed by atoms with Crippen molar-refractivity contribution < 1.29 is 8.78 Å². The van der Waals surface area contributed by atoms with E-state index in [-0.39, 0.29) is 4.83 Å². The van der Waals surface area contributed by atoms with Crippen molar-refractivity contribution in [1.29, 1.82) is 0 Å². The van der Waals surface area contributed by atoms with Gasteiger partial charge in [0.05, 0.1) is 5.02 Å². The second-order valence-corrected chi connectivity index (χ2v) is 6.76. The molecule has 0 saturated heterocycles. The summed E-state index contributed by atoms with van der Waals surface area (Å²) in [5.74, 6) is -1.09. The molecular weight excluding hydrogens is 448 g/mol. The van der Waals surface area contributed by atoms with Gasteiger partial charge in [0, 0.05) is 14.5 Å². The third-order valence-corrected chi connectivity index (χ3v) is 5.14. The van der Waals surface area contributed by atoms with Crippen molar-refractivity contribution in [2.24, 2.45) is 0 Å². The van der Waals surface area contributed by atoms with Gasteiger partial charge in [-0.3, -0.25) is 0 Å². The zero-order chi connectivity index (χ0) is 14.0. The fourth-order valence-corrected chi connectivity index (χ4v) is 2.86. The number of hydrogen-bond donors (Lipinski definition) is 0. The molecule has 2 aromatic carbocycles. The van der Waals surface area contributed by atoms with Crippen LogP contribution in [0.4, 0.5) is 8.78 Å². The molecule has 0 bridgehead atoms. The van der Waals surface area contributed by atoms with Crippen LogP contribution in [0.1, 0.15) is 16.0 Å². The normalized spacial score (nSPS) is 12.5. The van der Waals surface area contributed by atoms with E-state index >= 15 is 0 Å². The van der Waals surface area contributed by atoms with Gasteiger partial charge in [-0.15, -0.1) is 0 Å². The second-order valence-electron chi connectivity index (χ2n) is 4.08. The summed E-state index contributed by atoms with van der Waals surface area (Å²) in [7, 11) is 0. The Kier molecular flexibility index (Phi) is 5.20. The van der Waals surface area contributed by atoms with Gasteiger partial charge in [-0.2, -0.15) is 0 Å². The van der Waals surface area contributed by atoms with E-state index in [1.165, 1.54) is 12.1 Å². The van der Waals surface area contributed by atoms with Crippen molar-refractivity contribution in [2.75, 3.05) is 0 Å². The van der Waals surface area contributed by atoms with Crippen LogP contribution in [-0.4, -0.2) is 0 Å². The van der Waals surface area contributed by atoms with Crippen LogP contribution in [0.15, 0.2) is 36.4 Å². The standard InChI is InChI=1S/C14H9BrClF2I/c15-11(8-2-4-14(19)12(16)6-8)5-9-1-3-10(17)7-13(9)18/h1-4,6-7,11H,5H2. The Labute approximate surface area is 137 Å². The molecule has 0 nitrogen and oxygen atoms in total. The van der Waals surface area contributed by atoms with Crippen molar-refractivity contribution in [3.05, 3.63) is 67.8 Å². The summed E-state index contributed by atoms with van der Waals surface area (Å²) in [5.41, 5.74) is 1.44. The lowest BCUT2D eigenvalue weighted by Crippen LogP contribution is -1.99. The molecule has 0 amide bonds. The fourth-order valence-electron chi connectivity index (χ4n) is 1.71. The van der Waals surface area contributed by atoms with Gasteiger partial charge in [0.15, 0.2) is 0 Å². The minimum atomic E-state index is -0.565. The summed E-state index contributed by atoms with van der Waals surface area (Å²) in [6.45, 7) is 0. The zero-order valence-corrected chi connectivity index (χ0v) is 14.1. The van der Waals surface area contributed by atoms with Crippen molar-refractivity contribution in [2.45, 2.75) is 11.2 Å². The van der Waals surface area contributed by atoms with Gasteiger partial charge in [0.2, 0.25) is 0 Å². The molecule has 2 rings (SSSR count). The average molecular weight is 457 g/mol. The minimum Gasteiger partial charge on any atom is -0.207 e. The highest BCUT2D eigenvalue weighted by molar-refractivity contribution is 14.1. The van der Waals surface area contributed by atoms with Gasteiger partial charge in [0.25, 0.3) is 0 Å². The van der Waals surface area contributed by atoms with Gasteiger partial charge < -0.3 is 0 Å². The largest absolute Gasteiger partial charge is 0.207 e. The van der Waals surface area contributed by atoms with E-state index in [0.29, 0.717) is 17.0 Å². The minimum absolute atomic E-state index is 0.0676. The van der Waals surface area contributed by atoms with Crippen LogP contribution in [0.2, 0.25) is 5.02 Å². The average Bonchev–Trinajstić information content (AvgIpc) is 2.36. The lowest BCUT2D eigenvalue weighted by atomic mass is 10.0. The second kappa shape index (κ2) is 6.50. The van der Waals surface area contributed by atoms with Crippen LogP contribution in [0.3, 0.4) is 0 Å². The van der Waals surface area contributed by atoms with Crippen LogP contribution in [-0.2, 0) is 6.42 Å². The Bertz CT molecular complexity index is 604. The fraction of sp³-hybridized carbons (Fsp3) is 0.143. The van der Waals surface area contributed by atoms with Crippen molar-refractivity contribution in [3.63, 3.8) is 0 Å². The quantitative estimate of drug-likeness (QED) is 0.398. The van der Waals surface area contributed by atoms with E-state index in [9.17, 15) is 8.78 Å². The van der Waals surface area contributed by atoms with E-state index in [0.717, 1.165) is 15.2 Å². The molecule has 100 valence electrons. The van der Waals surface area contributed by atoms with Gasteiger partial charge in [-0.05, 0) is 58.3 Å². The molecule has 1 unspecified atom stereocenters. The maximum absolute atomic E-state index is 13.6. The van der Waals surface area contributed by atoms with E-state index < -0.39 is 11.6 Å². The molecule has 0 radical (unpaired) electrons. The number of alkyl halides is 1. The van der Waals surface area contributed by atoms with Crippen molar-refractivity contribution in [3.8, 4) is 0 Å². The maximum atomic E-state index is 13.6. The highest BCUT2D eigenvalue weighted by Crippen LogP contribution is 2.31. The maximum Gasteiger partial charge on any atom is 0.129 e. The summed E-state index contributed by atoms with van der Waals surface area (Å²) < 4.78 is 27.4. The SMILES string of the molecule is Fc1ccc(CC(Br)c2ccc(I)c(Cl)c2)c(F)c1. The van der Waals surface area contributed by atoms with Crippen LogP contribution in [0.5, 0.6) is 0 Å². The summed E-state index contributed by atoms with van der Waals surface area (Å²) in [4.78, 5) is -0.0676. The molecule has 0 aliphatic rings. The summed E-state index contributed by atoms with van der Waals surface area (Å²) >= 11 is 11.7. The van der Waals surface area contributed by atoms with E-state index in [2.05, 4.69) is 38.5 Å². The first-order valence-corrected chi connectivity index (χ1v) is 7.87. The molecule has 19 heavy (non-hydrogen) atoms. The molecule has 0 spiro atoms. The molecule has 0 aliphatic heterocycles. The van der Waals surface area contributed by atoms with E-state index in [4.69, 9.17) is 11.6 Å². The summed E-state index contributed by atoms with van der Waals surface area (Å²) in [6, 6.07) is 9.33. The van der Waals surface area contributed by atoms with Crippen LogP contribution < -0.4 is 0 Å². The third-order valence-electron chi connectivity index (χ3n) is 2.72. The number of rotatable bonds is 3. The molecule has 5 heteroatoms. The lowest BCUT2D eigenvalue weighted by Gasteiger charge is -2.12. The summed E-state index contributed by atoms with van der Waals surface area (Å²) in [6.07, 6.45) is 0.434. The molecule has 0 N–H and O–H groups in total. The first-order chi connectivity index (χ1) is 8.97. The molecule has 2 aromatic rings. The topological polar surface area (TPSA) is 0 Å². The highest BCUT2D eigenvalue weighted by atomic mass is 127. The monoisotopic (exact) mass is 456 g/mol. The lowest BCUT2D eigenvalue weighted by molar-refractivity contribution is 0.571. The first kappa shape index (κ1) is 15.2. The molecular formula is C14H9BrClF2I. The predicted molar refractivity (Wildman–Crippen MR) is 85.9 cm³/mol. The van der Waals surface area contributed by atoms with Crippen LogP contribution in [0, 0.1) is 15.2 Å². The van der Waals surface area contributed by atoms with Gasteiger partial charge in [0.1, 0.15) is 11.6 Å². The van der Waals surface area contributed by atoms with Crippen LogP contribution in [0.25, 0.3) is 0 Å². The number of hydrogen-bond acceptors (Lipinski definition) is 0. The van der Waals surface area contributed by atoms with E-state index in [1.54, 1.807) is 0 Å². The predicted octanol–water partition coefficient (Wildman–Crippen LogP) is 5.90. The zero-order valence-electron chi connectivity index (χ0n) is 9.64. The smallest absolute Gasteiger partial charge is 0.129 e. The molecule has 0 aromatic heterocycles. The van der Waals surface area contributed by atoms with Gasteiger partial charge >= 0.3 is 0 Å². The Balaban J connectivity index is 2.20. The summed E-state index contributed by atoms with van der Waals surface area (Å²) in [5, 5.41) is 0.669. The Morgan fingerprint density at radius 3 is 2.53 bits per heavy atom. The Morgan fingerprint density at radius 2 is 1.89 bits per heavy atom. The molecule has 0 saturated carbocycles.